The van der Waals surface area contributed by atoms with Gasteiger partial charge in [-0.25, -0.2) is 4.39 Å². The van der Waals surface area contributed by atoms with Crippen LogP contribution in [0.2, 0.25) is 0 Å². The van der Waals surface area contributed by atoms with Gasteiger partial charge in [-0.15, -0.1) is 0 Å². The van der Waals surface area contributed by atoms with Gasteiger partial charge in [-0.1, -0.05) is 64.4 Å². The minimum atomic E-state index is -0.203. The maximum Gasteiger partial charge on any atom is 0.123 e. The SMILES string of the molecule is CC(C)c1ccc2c(c1)CCC1C(C)(CNCCCC(N)c3ccc(F)cc3)CCCC21C. The van der Waals surface area contributed by atoms with E-state index in [1.165, 1.54) is 49.8 Å². The highest BCUT2D eigenvalue weighted by Gasteiger charge is 2.51. The Balaban J connectivity index is 1.35. The number of fused-ring (bicyclic) bond motifs is 3. The van der Waals surface area contributed by atoms with Crippen molar-refractivity contribution < 1.29 is 4.39 Å². The van der Waals surface area contributed by atoms with Crippen LogP contribution in [0.1, 0.15) is 100 Å². The third-order valence-corrected chi connectivity index (χ3v) is 8.86. The molecule has 0 bridgehead atoms. The minimum Gasteiger partial charge on any atom is -0.324 e. The molecule has 0 radical (unpaired) electrons. The van der Waals surface area contributed by atoms with Crippen molar-refractivity contribution in [3.8, 4) is 0 Å². The average Bonchev–Trinajstić information content (AvgIpc) is 2.78. The Morgan fingerprint density at radius 2 is 1.79 bits per heavy atom. The average molecular weight is 451 g/mol. The largest absolute Gasteiger partial charge is 0.324 e. The molecule has 1 fully saturated rings. The molecule has 0 saturated heterocycles. The summed E-state index contributed by atoms with van der Waals surface area (Å²) in [6.45, 7) is 11.7. The van der Waals surface area contributed by atoms with Gasteiger partial charge in [0.05, 0.1) is 0 Å². The van der Waals surface area contributed by atoms with E-state index in [2.05, 4.69) is 51.2 Å². The van der Waals surface area contributed by atoms with Crippen LogP contribution in [0, 0.1) is 17.2 Å². The van der Waals surface area contributed by atoms with Crippen molar-refractivity contribution in [2.75, 3.05) is 13.1 Å². The summed E-state index contributed by atoms with van der Waals surface area (Å²) >= 11 is 0. The molecule has 33 heavy (non-hydrogen) atoms. The summed E-state index contributed by atoms with van der Waals surface area (Å²) in [7, 11) is 0. The van der Waals surface area contributed by atoms with E-state index in [-0.39, 0.29) is 11.9 Å². The van der Waals surface area contributed by atoms with Crippen LogP contribution in [0.25, 0.3) is 0 Å². The van der Waals surface area contributed by atoms with Crippen molar-refractivity contribution in [1.29, 1.82) is 0 Å². The lowest BCUT2D eigenvalue weighted by Crippen LogP contribution is -2.52. The van der Waals surface area contributed by atoms with Gasteiger partial charge in [0.1, 0.15) is 5.82 Å². The molecule has 0 heterocycles. The van der Waals surface area contributed by atoms with Crippen LogP contribution in [0.5, 0.6) is 0 Å². The van der Waals surface area contributed by atoms with E-state index in [0.29, 0.717) is 16.7 Å². The number of hydrogen-bond acceptors (Lipinski definition) is 2. The van der Waals surface area contributed by atoms with Gasteiger partial charge in [0.2, 0.25) is 0 Å². The van der Waals surface area contributed by atoms with Crippen molar-refractivity contribution in [1.82, 2.24) is 5.32 Å². The van der Waals surface area contributed by atoms with Crippen LogP contribution in [0.4, 0.5) is 4.39 Å². The Bertz CT molecular complexity index is 937. The molecule has 2 aromatic carbocycles. The molecule has 3 N–H and O–H groups in total. The van der Waals surface area contributed by atoms with Crippen LogP contribution < -0.4 is 11.1 Å². The van der Waals surface area contributed by atoms with Crippen molar-refractivity contribution in [2.24, 2.45) is 17.1 Å². The first-order valence-electron chi connectivity index (χ1n) is 13.1. The number of aryl methyl sites for hydroxylation is 1. The van der Waals surface area contributed by atoms with E-state index in [1.807, 2.05) is 12.1 Å². The molecule has 2 aromatic rings. The molecule has 0 spiro atoms. The summed E-state index contributed by atoms with van der Waals surface area (Å²) < 4.78 is 13.1. The highest BCUT2D eigenvalue weighted by molar-refractivity contribution is 5.42. The molecule has 3 heteroatoms. The van der Waals surface area contributed by atoms with Gasteiger partial charge >= 0.3 is 0 Å². The normalized spacial score (nSPS) is 27.8. The van der Waals surface area contributed by atoms with E-state index < -0.39 is 0 Å². The van der Waals surface area contributed by atoms with E-state index >= 15 is 0 Å². The standard InChI is InChI=1S/C30H43FN2/c1-21(2)23-10-14-26-24(19-23)11-15-28-29(3,16-6-17-30(26,28)4)20-33-18-5-7-27(32)22-8-12-25(31)13-9-22/h8-10,12-14,19,21,27-28,33H,5-7,11,15-18,20,32H2,1-4H3. The second kappa shape index (κ2) is 9.88. The van der Waals surface area contributed by atoms with Crippen molar-refractivity contribution >= 4 is 0 Å². The zero-order valence-corrected chi connectivity index (χ0v) is 21.1. The number of nitrogens with one attached hydrogen (secondary N) is 1. The predicted molar refractivity (Wildman–Crippen MR) is 137 cm³/mol. The van der Waals surface area contributed by atoms with Crippen molar-refractivity contribution in [3.05, 3.63) is 70.5 Å². The van der Waals surface area contributed by atoms with Crippen LogP contribution in [0.15, 0.2) is 42.5 Å². The first-order chi connectivity index (χ1) is 15.7. The van der Waals surface area contributed by atoms with E-state index in [1.54, 1.807) is 11.1 Å². The molecule has 0 aliphatic heterocycles. The fraction of sp³-hybridized carbons (Fsp3) is 0.600. The topological polar surface area (TPSA) is 38.0 Å². The second-order valence-electron chi connectivity index (χ2n) is 11.6. The van der Waals surface area contributed by atoms with E-state index in [4.69, 9.17) is 5.73 Å². The van der Waals surface area contributed by atoms with Gasteiger partial charge in [0.15, 0.2) is 0 Å². The lowest BCUT2D eigenvalue weighted by Gasteiger charge is -2.55. The van der Waals surface area contributed by atoms with E-state index in [0.717, 1.165) is 37.4 Å². The molecule has 1 saturated carbocycles. The molecule has 4 rings (SSSR count). The summed E-state index contributed by atoms with van der Waals surface area (Å²) in [6.07, 6.45) is 8.42. The number of hydrogen-bond donors (Lipinski definition) is 2. The van der Waals surface area contributed by atoms with Crippen LogP contribution in [-0.2, 0) is 11.8 Å². The van der Waals surface area contributed by atoms with Gasteiger partial charge < -0.3 is 11.1 Å². The van der Waals surface area contributed by atoms with Crippen molar-refractivity contribution in [2.45, 2.75) is 90.0 Å². The predicted octanol–water partition coefficient (Wildman–Crippen LogP) is 7.03. The minimum absolute atomic E-state index is 0.0217. The molecular formula is C30H43FN2. The zero-order valence-electron chi connectivity index (χ0n) is 21.1. The molecule has 0 amide bonds. The lowest BCUT2D eigenvalue weighted by atomic mass is 9.49. The Morgan fingerprint density at radius 1 is 1.06 bits per heavy atom. The Morgan fingerprint density at radius 3 is 2.52 bits per heavy atom. The van der Waals surface area contributed by atoms with Gasteiger partial charge in [0.25, 0.3) is 0 Å². The maximum absolute atomic E-state index is 13.1. The van der Waals surface area contributed by atoms with Crippen LogP contribution in [-0.4, -0.2) is 13.1 Å². The van der Waals surface area contributed by atoms with Crippen molar-refractivity contribution in [3.63, 3.8) is 0 Å². The van der Waals surface area contributed by atoms with Gasteiger partial charge in [0, 0.05) is 12.6 Å². The molecule has 2 aliphatic carbocycles. The Labute approximate surface area is 200 Å². The summed E-state index contributed by atoms with van der Waals surface area (Å²) in [5.41, 5.74) is 12.7. The first-order valence-corrected chi connectivity index (χ1v) is 13.1. The Kier molecular flexibility index (Phi) is 7.31. The maximum atomic E-state index is 13.1. The second-order valence-corrected chi connectivity index (χ2v) is 11.6. The lowest BCUT2D eigenvalue weighted by molar-refractivity contribution is 0.0260. The molecule has 180 valence electrons. The molecule has 0 aromatic heterocycles. The Hall–Kier alpha value is -1.71. The van der Waals surface area contributed by atoms with Crippen LogP contribution in [0.3, 0.4) is 0 Å². The quantitative estimate of drug-likeness (QED) is 0.424. The van der Waals surface area contributed by atoms with Gasteiger partial charge in [-0.05, 0) is 102 Å². The van der Waals surface area contributed by atoms with Crippen LogP contribution >= 0.6 is 0 Å². The molecule has 2 nitrogen and oxygen atoms in total. The number of nitrogens with two attached hydrogens (primary N) is 1. The summed E-state index contributed by atoms with van der Waals surface area (Å²) in [5, 5.41) is 3.79. The fourth-order valence-corrected chi connectivity index (χ4v) is 6.91. The number of rotatable bonds is 8. The molecule has 2 aliphatic rings. The highest BCUT2D eigenvalue weighted by Crippen LogP contribution is 2.57. The fourth-order valence-electron chi connectivity index (χ4n) is 6.91. The third kappa shape index (κ3) is 5.05. The van der Waals surface area contributed by atoms with Gasteiger partial charge in [-0.2, -0.15) is 0 Å². The zero-order chi connectivity index (χ0) is 23.6. The summed E-state index contributed by atoms with van der Waals surface area (Å²) in [4.78, 5) is 0. The summed E-state index contributed by atoms with van der Waals surface area (Å²) in [5.74, 6) is 1.12. The number of halogens is 1. The van der Waals surface area contributed by atoms with E-state index in [9.17, 15) is 4.39 Å². The smallest absolute Gasteiger partial charge is 0.123 e. The molecule has 4 atom stereocenters. The third-order valence-electron chi connectivity index (χ3n) is 8.86. The van der Waals surface area contributed by atoms with Gasteiger partial charge in [-0.3, -0.25) is 0 Å². The summed E-state index contributed by atoms with van der Waals surface area (Å²) in [6, 6.07) is 13.9. The highest BCUT2D eigenvalue weighted by atomic mass is 19.1. The number of benzene rings is 2. The monoisotopic (exact) mass is 450 g/mol. The molecular weight excluding hydrogens is 407 g/mol. The molecule has 4 unspecified atom stereocenters. The first kappa shape index (κ1) is 24.4.